The molecule has 168 valence electrons. The van der Waals surface area contributed by atoms with E-state index in [9.17, 15) is 13.2 Å². The highest BCUT2D eigenvalue weighted by atomic mass is 32.2. The van der Waals surface area contributed by atoms with Gasteiger partial charge in [-0.2, -0.15) is 0 Å². The molecular weight excluding hydrogens is 416 g/mol. The average molecular weight is 447 g/mol. The summed E-state index contributed by atoms with van der Waals surface area (Å²) in [6, 6.07) is 6.87. The number of hydrogen-bond acceptors (Lipinski definition) is 7. The first kappa shape index (κ1) is 23.1. The number of amides is 1. The molecule has 0 atom stereocenters. The molecule has 1 saturated heterocycles. The van der Waals surface area contributed by atoms with Crippen molar-refractivity contribution in [1.82, 2.24) is 20.2 Å². The van der Waals surface area contributed by atoms with Crippen molar-refractivity contribution in [3.05, 3.63) is 42.2 Å². The fraction of sp³-hybridized carbons (Fsp3) is 0.500. The van der Waals surface area contributed by atoms with Crippen molar-refractivity contribution in [2.45, 2.75) is 56.7 Å². The molecule has 0 radical (unpaired) electrons. The van der Waals surface area contributed by atoms with Crippen LogP contribution >= 0.6 is 0 Å². The molecule has 1 amide bonds. The first-order chi connectivity index (χ1) is 14.5. The molecule has 8 nitrogen and oxygen atoms in total. The van der Waals surface area contributed by atoms with Crippen molar-refractivity contribution in [1.29, 1.82) is 0 Å². The van der Waals surface area contributed by atoms with E-state index in [0.717, 1.165) is 24.0 Å². The number of aromatic nitrogens is 2. The smallest absolute Gasteiger partial charge is 0.410 e. The van der Waals surface area contributed by atoms with Gasteiger partial charge in [0.15, 0.2) is 15.7 Å². The molecule has 1 N–H and O–H groups in total. The van der Waals surface area contributed by atoms with E-state index in [1.54, 1.807) is 41.6 Å². The number of likely N-dealkylation sites (tertiary alicyclic amines) is 1. The van der Waals surface area contributed by atoms with E-state index in [0.29, 0.717) is 31.5 Å². The lowest BCUT2D eigenvalue weighted by atomic mass is 10.1. The Kier molecular flexibility index (Phi) is 6.96. The summed E-state index contributed by atoms with van der Waals surface area (Å²) in [5.74, 6) is 0.550. The Labute approximate surface area is 184 Å². The molecule has 1 aliphatic heterocycles. The first-order valence-electron chi connectivity index (χ1n) is 10.3. The molecule has 1 aromatic carbocycles. The predicted molar refractivity (Wildman–Crippen MR) is 118 cm³/mol. The van der Waals surface area contributed by atoms with Gasteiger partial charge >= 0.3 is 6.09 Å². The Morgan fingerprint density at radius 2 is 1.71 bits per heavy atom. The Hall–Kier alpha value is -2.52. The molecule has 1 aliphatic rings. The number of carbonyl (C=O) groups excluding carboxylic acids is 1. The minimum atomic E-state index is -3.22. The third-order valence-corrected chi connectivity index (χ3v) is 6.12. The minimum absolute atomic E-state index is 0.250. The second-order valence-electron chi connectivity index (χ2n) is 8.83. The number of carbonyl (C=O) groups is 1. The van der Waals surface area contributed by atoms with E-state index >= 15 is 0 Å². The van der Waals surface area contributed by atoms with Crippen LogP contribution in [0.4, 0.5) is 4.79 Å². The lowest BCUT2D eigenvalue weighted by Crippen LogP contribution is -2.46. The standard InChI is InChI=1S/C22H30N4O4S/c1-22(2,3)30-21(27)26-11-9-18(10-12-26)23-13-16-14-24-20(25-15-16)17-5-7-19(8-6-17)31(4,28)29/h5-8,14-15,18,23H,9-13H2,1-4H3. The van der Waals surface area contributed by atoms with Gasteiger partial charge in [0.25, 0.3) is 0 Å². The maximum absolute atomic E-state index is 12.2. The van der Waals surface area contributed by atoms with Gasteiger partial charge in [0.1, 0.15) is 5.60 Å². The molecule has 0 aliphatic carbocycles. The lowest BCUT2D eigenvalue weighted by Gasteiger charge is -2.33. The normalized spacial score (nSPS) is 15.7. The van der Waals surface area contributed by atoms with E-state index in [2.05, 4.69) is 15.3 Å². The summed E-state index contributed by atoms with van der Waals surface area (Å²) in [5, 5.41) is 3.50. The van der Waals surface area contributed by atoms with Gasteiger partial charge in [-0.1, -0.05) is 0 Å². The summed E-state index contributed by atoms with van der Waals surface area (Å²) in [4.78, 5) is 23.0. The van der Waals surface area contributed by atoms with E-state index in [1.165, 1.54) is 6.26 Å². The molecular formula is C22H30N4O4S. The van der Waals surface area contributed by atoms with Crippen molar-refractivity contribution in [2.24, 2.45) is 0 Å². The van der Waals surface area contributed by atoms with Crippen LogP contribution in [0.3, 0.4) is 0 Å². The van der Waals surface area contributed by atoms with Crippen molar-refractivity contribution in [2.75, 3.05) is 19.3 Å². The van der Waals surface area contributed by atoms with Gasteiger partial charge in [0.2, 0.25) is 0 Å². The summed E-state index contributed by atoms with van der Waals surface area (Å²) in [6.45, 7) is 7.60. The maximum atomic E-state index is 12.2. The van der Waals surface area contributed by atoms with Crippen LogP contribution in [0.5, 0.6) is 0 Å². The van der Waals surface area contributed by atoms with Gasteiger partial charge in [0.05, 0.1) is 4.90 Å². The molecule has 1 aromatic heterocycles. The van der Waals surface area contributed by atoms with Crippen LogP contribution < -0.4 is 5.32 Å². The largest absolute Gasteiger partial charge is 0.444 e. The molecule has 0 unspecified atom stereocenters. The first-order valence-corrected chi connectivity index (χ1v) is 12.2. The number of benzene rings is 1. The Morgan fingerprint density at radius 3 is 2.23 bits per heavy atom. The van der Waals surface area contributed by atoms with E-state index in [1.807, 2.05) is 20.8 Å². The summed E-state index contributed by atoms with van der Waals surface area (Å²) < 4.78 is 28.6. The number of hydrogen-bond donors (Lipinski definition) is 1. The molecule has 3 rings (SSSR count). The summed E-state index contributed by atoms with van der Waals surface area (Å²) >= 11 is 0. The van der Waals surface area contributed by atoms with Crippen molar-refractivity contribution >= 4 is 15.9 Å². The van der Waals surface area contributed by atoms with Crippen molar-refractivity contribution in [3.8, 4) is 11.4 Å². The van der Waals surface area contributed by atoms with E-state index in [-0.39, 0.29) is 11.0 Å². The highest BCUT2D eigenvalue weighted by Crippen LogP contribution is 2.19. The molecule has 2 heterocycles. The maximum Gasteiger partial charge on any atom is 0.410 e. The topological polar surface area (TPSA) is 101 Å². The molecule has 0 spiro atoms. The third-order valence-electron chi connectivity index (χ3n) is 4.99. The van der Waals surface area contributed by atoms with Crippen LogP contribution in [0.15, 0.2) is 41.6 Å². The average Bonchev–Trinajstić information content (AvgIpc) is 2.71. The number of sulfone groups is 1. The third kappa shape index (κ3) is 6.73. The Bertz CT molecular complexity index is 991. The highest BCUT2D eigenvalue weighted by molar-refractivity contribution is 7.90. The molecule has 0 saturated carbocycles. The number of nitrogens with one attached hydrogen (secondary N) is 1. The number of piperidine rings is 1. The van der Waals surface area contributed by atoms with E-state index in [4.69, 9.17) is 4.74 Å². The predicted octanol–water partition coefficient (Wildman–Crippen LogP) is 3.04. The minimum Gasteiger partial charge on any atom is -0.444 e. The van der Waals surface area contributed by atoms with Crippen LogP contribution in [0, 0.1) is 0 Å². The number of nitrogens with zero attached hydrogens (tertiary/aromatic N) is 3. The monoisotopic (exact) mass is 446 g/mol. The van der Waals surface area contributed by atoms with Gasteiger partial charge in [-0.25, -0.2) is 23.2 Å². The summed E-state index contributed by atoms with van der Waals surface area (Å²) in [7, 11) is -3.22. The molecule has 0 bridgehead atoms. The Morgan fingerprint density at radius 1 is 1.13 bits per heavy atom. The molecule has 2 aromatic rings. The molecule has 9 heteroatoms. The van der Waals surface area contributed by atoms with Crippen LogP contribution in [0.1, 0.15) is 39.2 Å². The number of rotatable bonds is 5. The van der Waals surface area contributed by atoms with E-state index < -0.39 is 15.4 Å². The van der Waals surface area contributed by atoms with Gasteiger partial charge in [-0.05, 0) is 57.9 Å². The zero-order valence-corrected chi connectivity index (χ0v) is 19.3. The van der Waals surface area contributed by atoms with Gasteiger partial charge in [-0.3, -0.25) is 0 Å². The summed E-state index contributed by atoms with van der Waals surface area (Å²) in [6.07, 6.45) is 6.21. The molecule has 1 fully saturated rings. The zero-order valence-electron chi connectivity index (χ0n) is 18.5. The van der Waals surface area contributed by atoms with Crippen molar-refractivity contribution in [3.63, 3.8) is 0 Å². The van der Waals surface area contributed by atoms with Crippen LogP contribution in [0.25, 0.3) is 11.4 Å². The SMILES string of the molecule is CC(C)(C)OC(=O)N1CCC(NCc2cnc(-c3ccc(S(C)(=O)=O)cc3)nc2)CC1. The summed E-state index contributed by atoms with van der Waals surface area (Å²) in [5.41, 5.74) is 1.25. The van der Waals surface area contributed by atoms with Gasteiger partial charge < -0.3 is 15.0 Å². The van der Waals surface area contributed by atoms with Gasteiger partial charge in [0, 0.05) is 55.5 Å². The van der Waals surface area contributed by atoms with Crippen LogP contribution in [-0.4, -0.2) is 60.4 Å². The fourth-order valence-electron chi connectivity index (χ4n) is 3.30. The van der Waals surface area contributed by atoms with Gasteiger partial charge in [-0.15, -0.1) is 0 Å². The second-order valence-corrected chi connectivity index (χ2v) is 10.8. The van der Waals surface area contributed by atoms with Crippen molar-refractivity contribution < 1.29 is 17.9 Å². The fourth-order valence-corrected chi connectivity index (χ4v) is 3.93. The lowest BCUT2D eigenvalue weighted by molar-refractivity contribution is 0.0198. The highest BCUT2D eigenvalue weighted by Gasteiger charge is 2.26. The molecule has 31 heavy (non-hydrogen) atoms. The van der Waals surface area contributed by atoms with Crippen LogP contribution in [0.2, 0.25) is 0 Å². The Balaban J connectivity index is 1.48. The zero-order chi connectivity index (χ0) is 22.6. The van der Waals surface area contributed by atoms with Crippen LogP contribution in [-0.2, 0) is 21.1 Å². The quantitative estimate of drug-likeness (QED) is 0.753. The number of ether oxygens (including phenoxy) is 1. The second kappa shape index (κ2) is 9.32.